The van der Waals surface area contributed by atoms with Crippen LogP contribution >= 0.6 is 0 Å². The third kappa shape index (κ3) is 5.51. The van der Waals surface area contributed by atoms with Gasteiger partial charge in [0.05, 0.1) is 4.90 Å². The van der Waals surface area contributed by atoms with Crippen LogP contribution in [0.1, 0.15) is 51.0 Å². The van der Waals surface area contributed by atoms with Crippen molar-refractivity contribution in [3.05, 3.63) is 29.6 Å². The lowest BCUT2D eigenvalue weighted by molar-refractivity contribution is -0.131. The second kappa shape index (κ2) is 8.76. The van der Waals surface area contributed by atoms with E-state index in [-0.39, 0.29) is 29.0 Å². The molecule has 1 N–H and O–H groups in total. The third-order valence-corrected chi connectivity index (χ3v) is 6.21. The van der Waals surface area contributed by atoms with Crippen molar-refractivity contribution in [3.8, 4) is 0 Å². The first-order valence-electron chi connectivity index (χ1n) is 8.84. The Kier molecular flexibility index (Phi) is 6.95. The van der Waals surface area contributed by atoms with E-state index in [0.29, 0.717) is 6.54 Å². The zero-order valence-corrected chi connectivity index (χ0v) is 15.7. The molecule has 1 aromatic carbocycles. The molecule has 0 atom stereocenters. The van der Waals surface area contributed by atoms with Crippen LogP contribution in [-0.4, -0.2) is 38.4 Å². The number of carbonyl (C=O) groups excluding carboxylic acids is 1. The molecule has 1 amide bonds. The third-order valence-electron chi connectivity index (χ3n) is 4.75. The first-order valence-corrected chi connectivity index (χ1v) is 10.3. The molecule has 0 unspecified atom stereocenters. The van der Waals surface area contributed by atoms with E-state index in [1.54, 1.807) is 4.90 Å². The van der Waals surface area contributed by atoms with Gasteiger partial charge >= 0.3 is 0 Å². The Morgan fingerprint density at radius 3 is 2.44 bits per heavy atom. The average Bonchev–Trinajstić information content (AvgIpc) is 2.82. The smallest absolute Gasteiger partial charge is 0.240 e. The summed E-state index contributed by atoms with van der Waals surface area (Å²) in [5.41, 5.74) is 0.284. The van der Waals surface area contributed by atoms with Crippen molar-refractivity contribution in [1.29, 1.82) is 0 Å². The second-order valence-electron chi connectivity index (χ2n) is 6.67. The molecule has 2 rings (SSSR count). The van der Waals surface area contributed by atoms with Crippen molar-refractivity contribution < 1.29 is 17.6 Å². The molecule has 1 aliphatic rings. The standard InChI is InChI=1S/C18H27FN2O3S/c1-14-13-17(9-10-18(14)19)25(23,24)20-11-12-21(15(2)22)16-7-5-3-4-6-8-16/h9-10,13,16,20H,3-8,11-12H2,1-2H3. The summed E-state index contributed by atoms with van der Waals surface area (Å²) < 4.78 is 40.5. The average molecular weight is 370 g/mol. The number of sulfonamides is 1. The van der Waals surface area contributed by atoms with Crippen LogP contribution in [0, 0.1) is 12.7 Å². The number of amides is 1. The topological polar surface area (TPSA) is 66.5 Å². The first-order chi connectivity index (χ1) is 11.8. The molecule has 0 aliphatic heterocycles. The Bertz CT molecular complexity index is 698. The van der Waals surface area contributed by atoms with Gasteiger partial charge in [0.2, 0.25) is 15.9 Å². The first kappa shape index (κ1) is 19.8. The highest BCUT2D eigenvalue weighted by atomic mass is 32.2. The number of hydrogen-bond acceptors (Lipinski definition) is 3. The normalized spacial score (nSPS) is 16.4. The maximum absolute atomic E-state index is 13.3. The number of hydrogen-bond donors (Lipinski definition) is 1. The molecule has 0 spiro atoms. The van der Waals surface area contributed by atoms with E-state index in [2.05, 4.69) is 4.72 Å². The van der Waals surface area contributed by atoms with E-state index in [1.165, 1.54) is 38.8 Å². The number of benzene rings is 1. The number of halogens is 1. The molecule has 140 valence electrons. The highest BCUT2D eigenvalue weighted by Gasteiger charge is 2.23. The van der Waals surface area contributed by atoms with E-state index in [9.17, 15) is 17.6 Å². The monoisotopic (exact) mass is 370 g/mol. The molecule has 0 bridgehead atoms. The number of rotatable bonds is 6. The minimum Gasteiger partial charge on any atom is -0.339 e. The van der Waals surface area contributed by atoms with Gasteiger partial charge in [0.1, 0.15) is 5.82 Å². The largest absolute Gasteiger partial charge is 0.339 e. The minimum absolute atomic E-state index is 0.0243. The number of nitrogens with zero attached hydrogens (tertiary/aromatic N) is 1. The van der Waals surface area contributed by atoms with E-state index >= 15 is 0 Å². The fraction of sp³-hybridized carbons (Fsp3) is 0.611. The molecular formula is C18H27FN2O3S. The summed E-state index contributed by atoms with van der Waals surface area (Å²) in [6.07, 6.45) is 6.55. The predicted molar refractivity (Wildman–Crippen MR) is 95.2 cm³/mol. The molecule has 25 heavy (non-hydrogen) atoms. The molecule has 0 aromatic heterocycles. The van der Waals surface area contributed by atoms with Crippen LogP contribution in [-0.2, 0) is 14.8 Å². The van der Waals surface area contributed by atoms with Crippen molar-refractivity contribution in [3.63, 3.8) is 0 Å². The lowest BCUT2D eigenvalue weighted by Crippen LogP contribution is -2.43. The van der Waals surface area contributed by atoms with Crippen LogP contribution in [0.15, 0.2) is 23.1 Å². The van der Waals surface area contributed by atoms with Crippen LogP contribution in [0.4, 0.5) is 4.39 Å². The molecule has 0 radical (unpaired) electrons. The maximum atomic E-state index is 13.3. The van der Waals surface area contributed by atoms with Gasteiger partial charge in [0.15, 0.2) is 0 Å². The van der Waals surface area contributed by atoms with E-state index in [1.807, 2.05) is 0 Å². The predicted octanol–water partition coefficient (Wildman–Crippen LogP) is 2.98. The molecule has 1 aliphatic carbocycles. The van der Waals surface area contributed by atoms with Crippen LogP contribution < -0.4 is 4.72 Å². The quantitative estimate of drug-likeness (QED) is 0.783. The summed E-state index contributed by atoms with van der Waals surface area (Å²) in [6.45, 7) is 3.55. The fourth-order valence-electron chi connectivity index (χ4n) is 3.33. The molecule has 0 saturated heterocycles. The fourth-order valence-corrected chi connectivity index (χ4v) is 4.44. The Morgan fingerprint density at radius 1 is 1.24 bits per heavy atom. The summed E-state index contributed by atoms with van der Waals surface area (Å²) in [7, 11) is -3.71. The number of nitrogens with one attached hydrogen (secondary N) is 1. The van der Waals surface area contributed by atoms with Gasteiger partial charge in [-0.2, -0.15) is 0 Å². The van der Waals surface area contributed by atoms with Crippen LogP contribution in [0.25, 0.3) is 0 Å². The Labute approximate surface area is 149 Å². The maximum Gasteiger partial charge on any atom is 0.240 e. The molecule has 5 nitrogen and oxygen atoms in total. The number of carbonyl (C=O) groups is 1. The summed E-state index contributed by atoms with van der Waals surface area (Å²) >= 11 is 0. The molecule has 0 heterocycles. The van der Waals surface area contributed by atoms with Gasteiger partial charge in [-0.3, -0.25) is 4.79 Å². The Hall–Kier alpha value is -1.47. The molecular weight excluding hydrogens is 343 g/mol. The van der Waals surface area contributed by atoms with Gasteiger partial charge in [-0.1, -0.05) is 25.7 Å². The lowest BCUT2D eigenvalue weighted by Gasteiger charge is -2.30. The van der Waals surface area contributed by atoms with Crippen molar-refractivity contribution >= 4 is 15.9 Å². The summed E-state index contributed by atoms with van der Waals surface area (Å²) in [5, 5.41) is 0. The van der Waals surface area contributed by atoms with Gasteiger partial charge in [-0.25, -0.2) is 17.5 Å². The van der Waals surface area contributed by atoms with Crippen molar-refractivity contribution in [2.75, 3.05) is 13.1 Å². The molecule has 1 saturated carbocycles. The zero-order valence-electron chi connectivity index (χ0n) is 14.9. The van der Waals surface area contributed by atoms with Gasteiger partial charge < -0.3 is 4.90 Å². The van der Waals surface area contributed by atoms with Crippen molar-refractivity contribution in [2.45, 2.75) is 63.3 Å². The molecule has 7 heteroatoms. The lowest BCUT2D eigenvalue weighted by atomic mass is 10.1. The zero-order chi connectivity index (χ0) is 18.4. The van der Waals surface area contributed by atoms with E-state index in [0.717, 1.165) is 31.7 Å². The number of aryl methyl sites for hydroxylation is 1. The van der Waals surface area contributed by atoms with Gasteiger partial charge in [-0.05, 0) is 43.5 Å². The van der Waals surface area contributed by atoms with Crippen LogP contribution in [0.2, 0.25) is 0 Å². The van der Waals surface area contributed by atoms with E-state index in [4.69, 9.17) is 0 Å². The van der Waals surface area contributed by atoms with Gasteiger partial charge in [0.25, 0.3) is 0 Å². The van der Waals surface area contributed by atoms with Crippen LogP contribution in [0.5, 0.6) is 0 Å². The van der Waals surface area contributed by atoms with Gasteiger partial charge in [-0.15, -0.1) is 0 Å². The summed E-state index contributed by atoms with van der Waals surface area (Å²) in [6, 6.07) is 3.90. The van der Waals surface area contributed by atoms with Gasteiger partial charge in [0, 0.05) is 26.1 Å². The van der Waals surface area contributed by atoms with Crippen molar-refractivity contribution in [1.82, 2.24) is 9.62 Å². The second-order valence-corrected chi connectivity index (χ2v) is 8.43. The SMILES string of the molecule is CC(=O)N(CCNS(=O)(=O)c1ccc(F)c(C)c1)C1CCCCCC1. The molecule has 1 fully saturated rings. The highest BCUT2D eigenvalue weighted by Crippen LogP contribution is 2.22. The summed E-state index contributed by atoms with van der Waals surface area (Å²) in [4.78, 5) is 13.8. The van der Waals surface area contributed by atoms with Crippen LogP contribution in [0.3, 0.4) is 0 Å². The minimum atomic E-state index is -3.71. The Balaban J connectivity index is 1.98. The van der Waals surface area contributed by atoms with Crippen molar-refractivity contribution in [2.24, 2.45) is 0 Å². The summed E-state index contributed by atoms with van der Waals surface area (Å²) in [5.74, 6) is -0.459. The molecule has 1 aromatic rings. The van der Waals surface area contributed by atoms with E-state index < -0.39 is 15.8 Å². The highest BCUT2D eigenvalue weighted by molar-refractivity contribution is 7.89. The Morgan fingerprint density at radius 2 is 1.88 bits per heavy atom.